The van der Waals surface area contributed by atoms with E-state index in [0.29, 0.717) is 24.9 Å². The zero-order valence-corrected chi connectivity index (χ0v) is 25.3. The third-order valence-corrected chi connectivity index (χ3v) is 7.53. The molecule has 3 amide bonds. The van der Waals surface area contributed by atoms with Gasteiger partial charge in [0.25, 0.3) is 5.91 Å². The Morgan fingerprint density at radius 2 is 1.76 bits per heavy atom. The summed E-state index contributed by atoms with van der Waals surface area (Å²) in [4.78, 5) is 62.7. The number of pyridine rings is 1. The summed E-state index contributed by atoms with van der Waals surface area (Å²) in [6.07, 6.45) is -0.808. The van der Waals surface area contributed by atoms with Crippen molar-refractivity contribution in [1.82, 2.24) is 30.7 Å². The number of ketones is 1. The Hall–Kier alpha value is -4.62. The van der Waals surface area contributed by atoms with Crippen LogP contribution in [-0.2, 0) is 22.2 Å². The molecule has 2 N–H and O–H groups in total. The van der Waals surface area contributed by atoms with E-state index in [0.717, 1.165) is 12.1 Å². The maximum absolute atomic E-state index is 13.6. The quantitative estimate of drug-likeness (QED) is 0.305. The van der Waals surface area contributed by atoms with E-state index >= 15 is 0 Å². The van der Waals surface area contributed by atoms with E-state index in [2.05, 4.69) is 25.8 Å². The molecule has 240 valence electrons. The van der Waals surface area contributed by atoms with Gasteiger partial charge >= 0.3 is 6.18 Å². The van der Waals surface area contributed by atoms with Crippen molar-refractivity contribution in [1.29, 1.82) is 0 Å². The molecular weight excluding hydrogens is 593 g/mol. The number of hydrogen-bond acceptors (Lipinski definition) is 8. The SMILES string of the molecule is CC(C)[C@H](NC(=O)[C@@H]1CCCN1C(=O)[C@@H](NC(=O)c1cccnc1)C(C)C)C(=O)c1noc(Cc2cccc(C(F)(F)F)c2)n1. The van der Waals surface area contributed by atoms with E-state index < -0.39 is 59.3 Å². The first-order chi connectivity index (χ1) is 21.3. The van der Waals surface area contributed by atoms with Gasteiger partial charge in [-0.1, -0.05) is 51.1 Å². The summed E-state index contributed by atoms with van der Waals surface area (Å²) in [5.74, 6) is -3.13. The highest BCUT2D eigenvalue weighted by molar-refractivity contribution is 6.01. The van der Waals surface area contributed by atoms with E-state index in [1.807, 2.05) is 0 Å². The van der Waals surface area contributed by atoms with Gasteiger partial charge in [0.2, 0.25) is 29.3 Å². The lowest BCUT2D eigenvalue weighted by Gasteiger charge is -2.31. The molecule has 0 spiro atoms. The predicted octanol–water partition coefficient (Wildman–Crippen LogP) is 3.84. The van der Waals surface area contributed by atoms with Gasteiger partial charge in [-0.05, 0) is 48.4 Å². The number of carbonyl (C=O) groups is 4. The Morgan fingerprint density at radius 3 is 2.40 bits per heavy atom. The fourth-order valence-electron chi connectivity index (χ4n) is 5.10. The zero-order chi connectivity index (χ0) is 32.9. The molecule has 0 radical (unpaired) electrons. The Labute approximate surface area is 258 Å². The second-order valence-corrected chi connectivity index (χ2v) is 11.6. The van der Waals surface area contributed by atoms with Gasteiger partial charge in [-0.25, -0.2) is 0 Å². The van der Waals surface area contributed by atoms with Crippen LogP contribution < -0.4 is 10.6 Å². The third-order valence-electron chi connectivity index (χ3n) is 7.53. The molecule has 1 aliphatic rings. The molecule has 4 rings (SSSR count). The molecule has 2 aromatic heterocycles. The van der Waals surface area contributed by atoms with Crippen molar-refractivity contribution in [3.8, 4) is 0 Å². The van der Waals surface area contributed by atoms with Crippen LogP contribution in [0, 0.1) is 11.8 Å². The van der Waals surface area contributed by atoms with E-state index in [4.69, 9.17) is 4.52 Å². The number of likely N-dealkylation sites (tertiary alicyclic amines) is 1. The number of nitrogens with one attached hydrogen (secondary N) is 2. The summed E-state index contributed by atoms with van der Waals surface area (Å²) in [7, 11) is 0. The maximum atomic E-state index is 13.6. The van der Waals surface area contributed by atoms with E-state index in [-0.39, 0.29) is 29.6 Å². The second-order valence-electron chi connectivity index (χ2n) is 11.6. The molecular formula is C31H35F3N6O5. The standard InChI is InChI=1S/C31H35F3N6O5/c1-17(2)24(26(41)27-36-23(45-39-27)15-19-8-5-10-21(14-19)31(32,33)34)37-29(43)22-11-7-13-40(22)30(44)25(18(3)4)38-28(42)20-9-6-12-35-16-20/h5-6,8-10,12,14,16-18,22,24-25H,7,11,13,15H2,1-4H3,(H,37,43)(H,38,42)/t22-,24-,25-/m0/s1. The summed E-state index contributed by atoms with van der Waals surface area (Å²) in [5, 5.41) is 9.21. The number of nitrogens with zero attached hydrogens (tertiary/aromatic N) is 4. The van der Waals surface area contributed by atoms with Crippen molar-refractivity contribution in [2.75, 3.05) is 6.54 Å². The highest BCUT2D eigenvalue weighted by Gasteiger charge is 2.40. The number of aromatic nitrogens is 3. The largest absolute Gasteiger partial charge is 0.416 e. The van der Waals surface area contributed by atoms with Crippen molar-refractivity contribution in [3.05, 3.63) is 77.2 Å². The van der Waals surface area contributed by atoms with E-state index in [1.165, 1.54) is 29.4 Å². The van der Waals surface area contributed by atoms with E-state index in [9.17, 15) is 32.3 Å². The lowest BCUT2D eigenvalue weighted by molar-refractivity contribution is -0.140. The first-order valence-electron chi connectivity index (χ1n) is 14.6. The fraction of sp³-hybridized carbons (Fsp3) is 0.452. The minimum atomic E-state index is -4.52. The van der Waals surface area contributed by atoms with Gasteiger partial charge in [0, 0.05) is 18.9 Å². The molecule has 1 saturated heterocycles. The lowest BCUT2D eigenvalue weighted by Crippen LogP contribution is -2.57. The van der Waals surface area contributed by atoms with Gasteiger partial charge in [0.1, 0.15) is 12.1 Å². The second kappa shape index (κ2) is 14.0. The Morgan fingerprint density at radius 1 is 1.02 bits per heavy atom. The molecule has 0 aliphatic carbocycles. The number of alkyl halides is 3. The number of Topliss-reactive ketones (excluding diaryl/α,β-unsaturated/α-hetero) is 1. The van der Waals surface area contributed by atoms with Crippen molar-refractivity contribution in [2.45, 2.75) is 71.3 Å². The van der Waals surface area contributed by atoms with Crippen molar-refractivity contribution >= 4 is 23.5 Å². The number of carbonyl (C=O) groups excluding carboxylic acids is 4. The van der Waals surface area contributed by atoms with Gasteiger partial charge in [-0.3, -0.25) is 24.2 Å². The molecule has 1 fully saturated rings. The molecule has 14 heteroatoms. The van der Waals surface area contributed by atoms with Crippen LogP contribution in [0.1, 0.15) is 78.5 Å². The summed E-state index contributed by atoms with van der Waals surface area (Å²) >= 11 is 0. The van der Waals surface area contributed by atoms with Crippen LogP contribution >= 0.6 is 0 Å². The van der Waals surface area contributed by atoms with Gasteiger partial charge in [-0.15, -0.1) is 0 Å². The van der Waals surface area contributed by atoms with Crippen molar-refractivity contribution < 1.29 is 36.9 Å². The number of hydrogen-bond donors (Lipinski definition) is 2. The average molecular weight is 629 g/mol. The first kappa shape index (κ1) is 33.3. The number of rotatable bonds is 11. The molecule has 45 heavy (non-hydrogen) atoms. The van der Waals surface area contributed by atoms with Crippen LogP contribution in [0.25, 0.3) is 0 Å². The highest BCUT2D eigenvalue weighted by atomic mass is 19.4. The predicted molar refractivity (Wildman–Crippen MR) is 155 cm³/mol. The van der Waals surface area contributed by atoms with E-state index in [1.54, 1.807) is 39.8 Å². The van der Waals surface area contributed by atoms with Gasteiger partial charge in [-0.2, -0.15) is 18.2 Å². The maximum Gasteiger partial charge on any atom is 0.416 e. The molecule has 0 saturated carbocycles. The monoisotopic (exact) mass is 628 g/mol. The molecule has 11 nitrogen and oxygen atoms in total. The highest BCUT2D eigenvalue weighted by Crippen LogP contribution is 2.30. The van der Waals surface area contributed by atoms with Gasteiger partial charge in [0.05, 0.1) is 23.6 Å². The van der Waals surface area contributed by atoms with Crippen molar-refractivity contribution in [3.63, 3.8) is 0 Å². The smallest absolute Gasteiger partial charge is 0.344 e. The van der Waals surface area contributed by atoms with Gasteiger partial charge in [0.15, 0.2) is 0 Å². The van der Waals surface area contributed by atoms with Crippen molar-refractivity contribution in [2.24, 2.45) is 11.8 Å². The Bertz CT molecular complexity index is 1530. The minimum Gasteiger partial charge on any atom is -0.344 e. The lowest BCUT2D eigenvalue weighted by atomic mass is 9.98. The molecule has 3 atom stereocenters. The minimum absolute atomic E-state index is 0.0628. The molecule has 0 bridgehead atoms. The van der Waals surface area contributed by atoms with Crippen LogP contribution in [0.5, 0.6) is 0 Å². The average Bonchev–Trinajstić information content (AvgIpc) is 3.68. The summed E-state index contributed by atoms with van der Waals surface area (Å²) in [6, 6.07) is 5.00. The van der Waals surface area contributed by atoms with Gasteiger partial charge < -0.3 is 20.1 Å². The first-order valence-corrected chi connectivity index (χ1v) is 14.6. The summed E-state index contributed by atoms with van der Waals surface area (Å²) < 4.78 is 44.4. The Balaban J connectivity index is 1.44. The number of halogens is 3. The van der Waals surface area contributed by atoms with Crippen LogP contribution in [0.3, 0.4) is 0 Å². The normalized spacial score (nSPS) is 16.5. The Kier molecular flexibility index (Phi) is 10.3. The van der Waals surface area contributed by atoms with Crippen LogP contribution in [-0.4, -0.2) is 68.2 Å². The molecule has 3 aromatic rings. The number of amides is 3. The molecule has 3 heterocycles. The third kappa shape index (κ3) is 8.11. The number of benzene rings is 1. The summed E-state index contributed by atoms with van der Waals surface area (Å²) in [5.41, 5.74) is -0.263. The fourth-order valence-corrected chi connectivity index (χ4v) is 5.10. The van der Waals surface area contributed by atoms with Crippen LogP contribution in [0.2, 0.25) is 0 Å². The molecule has 1 aromatic carbocycles. The van der Waals surface area contributed by atoms with Crippen LogP contribution in [0.4, 0.5) is 13.2 Å². The molecule has 0 unspecified atom stereocenters. The topological polar surface area (TPSA) is 147 Å². The zero-order valence-electron chi connectivity index (χ0n) is 25.3. The summed E-state index contributed by atoms with van der Waals surface area (Å²) in [6.45, 7) is 7.31. The molecule has 1 aliphatic heterocycles. The van der Waals surface area contributed by atoms with Crippen LogP contribution in [0.15, 0.2) is 53.3 Å².